The van der Waals surface area contributed by atoms with E-state index in [2.05, 4.69) is 20.9 Å². The van der Waals surface area contributed by atoms with E-state index in [1.807, 2.05) is 72.6 Å². The Hall–Kier alpha value is -4.99. The van der Waals surface area contributed by atoms with Gasteiger partial charge in [-0.3, -0.25) is 0 Å². The van der Waals surface area contributed by atoms with Crippen LogP contribution in [0.15, 0.2) is 91.3 Å². The average Bonchev–Trinajstić information content (AvgIpc) is 2.94. The van der Waals surface area contributed by atoms with Gasteiger partial charge in [-0.25, -0.2) is 9.78 Å². The minimum Gasteiger partial charge on any atom is -0.495 e. The van der Waals surface area contributed by atoms with Crippen LogP contribution in [0.2, 0.25) is 0 Å². The van der Waals surface area contributed by atoms with Crippen LogP contribution in [0.5, 0.6) is 5.75 Å². The Bertz CT molecular complexity index is 1550. The van der Waals surface area contributed by atoms with E-state index >= 15 is 0 Å². The van der Waals surface area contributed by atoms with Gasteiger partial charge in [-0.15, -0.1) is 0 Å². The summed E-state index contributed by atoms with van der Waals surface area (Å²) < 4.78 is 44.4. The molecule has 0 fully saturated rings. The highest BCUT2D eigenvalue weighted by Crippen LogP contribution is 2.37. The van der Waals surface area contributed by atoms with Crippen molar-refractivity contribution in [2.45, 2.75) is 19.3 Å². The first-order chi connectivity index (χ1) is 19.2. The highest BCUT2D eigenvalue weighted by molar-refractivity contribution is 6.00. The zero-order chi connectivity index (χ0) is 28.3. The molecule has 10 heteroatoms. The quantitative estimate of drug-likeness (QED) is 0.232. The summed E-state index contributed by atoms with van der Waals surface area (Å²) in [6.07, 6.45) is 0.769. The number of fused-ring (bicyclic) bond motifs is 1. The van der Waals surface area contributed by atoms with E-state index in [0.717, 1.165) is 34.5 Å². The summed E-state index contributed by atoms with van der Waals surface area (Å²) in [4.78, 5) is 19.2. The largest absolute Gasteiger partial charge is 0.495 e. The molecule has 0 spiro atoms. The fraction of sp³-hybridized carbons (Fsp3) is 0.133. The molecule has 1 aliphatic heterocycles. The number of carbonyl (C=O) groups excluding carboxylic acids is 1. The number of hydrogen-bond acceptors (Lipinski definition) is 5. The number of ether oxygens (including phenoxy) is 1. The Kier molecular flexibility index (Phi) is 7.33. The maximum atomic E-state index is 13.1. The summed E-state index contributed by atoms with van der Waals surface area (Å²) in [7, 11) is 1.58. The molecular formula is C30H26F3N5O2. The van der Waals surface area contributed by atoms with Crippen molar-refractivity contribution in [2.75, 3.05) is 28.0 Å². The smallest absolute Gasteiger partial charge is 0.416 e. The van der Waals surface area contributed by atoms with Crippen LogP contribution in [0.1, 0.15) is 28.4 Å². The molecule has 0 bridgehead atoms. The third-order valence-electron chi connectivity index (χ3n) is 6.43. The van der Waals surface area contributed by atoms with Gasteiger partial charge in [0, 0.05) is 28.8 Å². The summed E-state index contributed by atoms with van der Waals surface area (Å²) in [5.74, 6) is 1.29. The molecule has 0 radical (unpaired) electrons. The number of anilines is 4. The zero-order valence-electron chi connectivity index (χ0n) is 21.7. The summed E-state index contributed by atoms with van der Waals surface area (Å²) in [5.41, 5.74) is 3.51. The molecule has 0 saturated carbocycles. The number of benzene rings is 3. The van der Waals surface area contributed by atoms with Crippen molar-refractivity contribution in [3.8, 4) is 5.75 Å². The van der Waals surface area contributed by atoms with E-state index < -0.39 is 17.8 Å². The maximum Gasteiger partial charge on any atom is 0.416 e. The second-order valence-electron chi connectivity index (χ2n) is 9.14. The average molecular weight is 546 g/mol. The second-order valence-corrected chi connectivity index (χ2v) is 9.14. The van der Waals surface area contributed by atoms with Crippen LogP contribution >= 0.6 is 0 Å². The van der Waals surface area contributed by atoms with Crippen LogP contribution in [-0.4, -0.2) is 18.1 Å². The summed E-state index contributed by atoms with van der Waals surface area (Å²) in [6.45, 7) is 1.96. The lowest BCUT2D eigenvalue weighted by atomic mass is 9.99. The highest BCUT2D eigenvalue weighted by atomic mass is 19.4. The Balaban J connectivity index is 1.40. The van der Waals surface area contributed by atoms with Gasteiger partial charge in [0.15, 0.2) is 0 Å². The normalized spacial score (nSPS) is 14.3. The molecule has 40 heavy (non-hydrogen) atoms. The molecule has 3 aromatic carbocycles. The van der Waals surface area contributed by atoms with Crippen LogP contribution in [0.25, 0.3) is 6.08 Å². The molecule has 7 nitrogen and oxygen atoms in total. The van der Waals surface area contributed by atoms with Crippen LogP contribution in [0, 0.1) is 6.92 Å². The number of methoxy groups -OCH3 is 1. The van der Waals surface area contributed by atoms with Crippen molar-refractivity contribution in [3.05, 3.63) is 114 Å². The molecular weight excluding hydrogens is 519 g/mol. The van der Waals surface area contributed by atoms with Crippen LogP contribution in [0.3, 0.4) is 0 Å². The molecule has 2 amide bonds. The van der Waals surface area contributed by atoms with Crippen molar-refractivity contribution in [1.29, 1.82) is 0 Å². The lowest BCUT2D eigenvalue weighted by Gasteiger charge is -2.36. The van der Waals surface area contributed by atoms with Crippen molar-refractivity contribution in [2.24, 2.45) is 0 Å². The number of urea groups is 1. The SMILES string of the molecule is COc1ccc(NC2c3ccccc3C=CN2c2cc(NC(=O)Nc3cccc(C(F)(F)F)c3)ccc2C)nc1. The van der Waals surface area contributed by atoms with Crippen LogP contribution in [0.4, 0.5) is 40.8 Å². The number of alkyl halides is 3. The van der Waals surface area contributed by atoms with Gasteiger partial charge in [-0.1, -0.05) is 36.4 Å². The number of nitrogens with zero attached hydrogens (tertiary/aromatic N) is 2. The summed E-state index contributed by atoms with van der Waals surface area (Å²) in [5, 5.41) is 8.69. The molecule has 1 atom stereocenters. The zero-order valence-corrected chi connectivity index (χ0v) is 21.7. The van der Waals surface area contributed by atoms with E-state index in [9.17, 15) is 18.0 Å². The van der Waals surface area contributed by atoms with Gasteiger partial charge in [0.1, 0.15) is 17.7 Å². The Labute approximate surface area is 229 Å². The molecule has 204 valence electrons. The van der Waals surface area contributed by atoms with Crippen molar-refractivity contribution in [1.82, 2.24) is 4.98 Å². The fourth-order valence-corrected chi connectivity index (χ4v) is 4.43. The first-order valence-electron chi connectivity index (χ1n) is 12.4. The fourth-order valence-electron chi connectivity index (χ4n) is 4.43. The van der Waals surface area contributed by atoms with Gasteiger partial charge in [-0.2, -0.15) is 13.2 Å². The lowest BCUT2D eigenvalue weighted by Crippen LogP contribution is -2.33. The topological polar surface area (TPSA) is 78.5 Å². The van der Waals surface area contributed by atoms with E-state index in [0.29, 0.717) is 17.3 Å². The number of hydrogen-bond donors (Lipinski definition) is 3. The van der Waals surface area contributed by atoms with E-state index in [1.54, 1.807) is 19.4 Å². The number of amides is 2. The molecule has 4 aromatic rings. The van der Waals surface area contributed by atoms with Gasteiger partial charge in [-0.05, 0) is 66.6 Å². The van der Waals surface area contributed by atoms with E-state index in [-0.39, 0.29) is 11.9 Å². The molecule has 0 aliphatic carbocycles. The number of nitrogens with one attached hydrogen (secondary N) is 3. The number of carbonyl (C=O) groups is 1. The van der Waals surface area contributed by atoms with E-state index in [1.165, 1.54) is 12.1 Å². The number of aryl methyl sites for hydroxylation is 1. The van der Waals surface area contributed by atoms with Crippen molar-refractivity contribution < 1.29 is 22.7 Å². The maximum absolute atomic E-state index is 13.1. The van der Waals surface area contributed by atoms with Crippen molar-refractivity contribution >= 4 is 35.0 Å². The van der Waals surface area contributed by atoms with Gasteiger partial charge < -0.3 is 25.6 Å². The van der Waals surface area contributed by atoms with Crippen LogP contribution in [-0.2, 0) is 6.18 Å². The molecule has 2 heterocycles. The predicted octanol–water partition coefficient (Wildman–Crippen LogP) is 7.66. The molecule has 1 aromatic heterocycles. The molecule has 1 unspecified atom stereocenters. The first-order valence-corrected chi connectivity index (χ1v) is 12.4. The summed E-state index contributed by atoms with van der Waals surface area (Å²) >= 11 is 0. The third kappa shape index (κ3) is 5.85. The number of halogens is 3. The predicted molar refractivity (Wildman–Crippen MR) is 150 cm³/mol. The first kappa shape index (κ1) is 26.6. The van der Waals surface area contributed by atoms with Gasteiger partial charge in [0.25, 0.3) is 0 Å². The minimum atomic E-state index is -4.51. The number of aromatic nitrogens is 1. The molecule has 1 aliphatic rings. The highest BCUT2D eigenvalue weighted by Gasteiger charge is 2.30. The minimum absolute atomic E-state index is 0.0338. The number of rotatable bonds is 6. The lowest BCUT2D eigenvalue weighted by molar-refractivity contribution is -0.137. The standard InChI is InChI=1S/C30H26F3N5O2/c1-19-10-11-23(36-29(39)35-22-8-5-7-21(16-22)30(31,32)33)17-26(19)38-15-14-20-6-3-4-9-25(20)28(38)37-27-13-12-24(40-2)18-34-27/h3-18,28H,1-2H3,(H,34,37)(H2,35,36,39). The van der Waals surface area contributed by atoms with Gasteiger partial charge >= 0.3 is 12.2 Å². The Morgan fingerprint density at radius 2 is 1.73 bits per heavy atom. The Morgan fingerprint density at radius 3 is 2.45 bits per heavy atom. The monoisotopic (exact) mass is 545 g/mol. The second kappa shape index (κ2) is 11.0. The molecule has 5 rings (SSSR count). The third-order valence-corrected chi connectivity index (χ3v) is 6.43. The molecule has 3 N–H and O–H groups in total. The van der Waals surface area contributed by atoms with E-state index in [4.69, 9.17) is 4.74 Å². The van der Waals surface area contributed by atoms with Gasteiger partial charge in [0.2, 0.25) is 0 Å². The molecule has 0 saturated heterocycles. The van der Waals surface area contributed by atoms with Crippen molar-refractivity contribution in [3.63, 3.8) is 0 Å². The summed E-state index contributed by atoms with van der Waals surface area (Å²) in [6, 6.07) is 20.9. The number of pyridine rings is 1. The van der Waals surface area contributed by atoms with Gasteiger partial charge in [0.05, 0.1) is 18.9 Å². The Morgan fingerprint density at radius 1 is 0.950 bits per heavy atom. The van der Waals surface area contributed by atoms with Crippen LogP contribution < -0.4 is 25.6 Å².